The molecule has 4 nitrogen and oxygen atoms in total. The number of fused-ring (bicyclic) bond motifs is 1. The van der Waals surface area contributed by atoms with Gasteiger partial charge in [-0.15, -0.1) is 0 Å². The van der Waals surface area contributed by atoms with Crippen molar-refractivity contribution >= 4 is 34.9 Å². The molecule has 0 saturated heterocycles. The van der Waals surface area contributed by atoms with Crippen LogP contribution in [-0.4, -0.2) is 29.4 Å². The van der Waals surface area contributed by atoms with Crippen LogP contribution in [0.15, 0.2) is 23.1 Å². The fourth-order valence-corrected chi connectivity index (χ4v) is 2.79. The van der Waals surface area contributed by atoms with Crippen LogP contribution in [-0.2, 0) is 11.5 Å². The molecular weight excluding hydrogens is 310 g/mol. The second-order valence-corrected chi connectivity index (χ2v) is 11.9. The van der Waals surface area contributed by atoms with Gasteiger partial charge in [0.05, 0.1) is 17.1 Å². The third kappa shape index (κ3) is 3.40. The summed E-state index contributed by atoms with van der Waals surface area (Å²) in [5.74, 6) is 0. The van der Waals surface area contributed by atoms with Crippen LogP contribution in [0.5, 0.6) is 0 Å². The largest absolute Gasteiger partial charge is 0.360 e. The van der Waals surface area contributed by atoms with Crippen molar-refractivity contribution in [2.45, 2.75) is 32.4 Å². The molecule has 0 aliphatic rings. The van der Waals surface area contributed by atoms with E-state index >= 15 is 0 Å². The van der Waals surface area contributed by atoms with E-state index in [1.54, 1.807) is 6.20 Å². The average Bonchev–Trinajstić information content (AvgIpc) is 2.68. The summed E-state index contributed by atoms with van der Waals surface area (Å²) in [7, 11) is -1.01. The van der Waals surface area contributed by atoms with Crippen LogP contribution in [0.3, 0.4) is 0 Å². The lowest BCUT2D eigenvalue weighted by molar-refractivity contribution is 0.0817. The van der Waals surface area contributed by atoms with Gasteiger partial charge in [-0.3, -0.25) is 0 Å². The standard InChI is InChI=1S/C12H18BrN3OSi/c1-18(2,3)7-6-17-9-16-11-4-5-14-12(13)10(11)8-15-16/h4-5,8H,6-7,9H2,1-3H3. The topological polar surface area (TPSA) is 39.9 Å². The molecule has 0 aromatic carbocycles. The molecule has 0 radical (unpaired) electrons. The van der Waals surface area contributed by atoms with Crippen LogP contribution in [0.2, 0.25) is 25.7 Å². The van der Waals surface area contributed by atoms with Crippen molar-refractivity contribution < 1.29 is 4.74 Å². The van der Waals surface area contributed by atoms with Crippen LogP contribution in [0.1, 0.15) is 0 Å². The maximum atomic E-state index is 5.70. The van der Waals surface area contributed by atoms with E-state index in [1.165, 1.54) is 6.04 Å². The van der Waals surface area contributed by atoms with Crippen LogP contribution in [0.25, 0.3) is 10.9 Å². The first-order chi connectivity index (χ1) is 8.47. The highest BCUT2D eigenvalue weighted by Gasteiger charge is 2.12. The molecule has 18 heavy (non-hydrogen) atoms. The van der Waals surface area contributed by atoms with E-state index in [2.05, 4.69) is 45.7 Å². The van der Waals surface area contributed by atoms with Gasteiger partial charge >= 0.3 is 0 Å². The van der Waals surface area contributed by atoms with Gasteiger partial charge < -0.3 is 4.74 Å². The Morgan fingerprint density at radius 3 is 2.89 bits per heavy atom. The molecule has 2 heterocycles. The van der Waals surface area contributed by atoms with Gasteiger partial charge in [0.2, 0.25) is 0 Å². The van der Waals surface area contributed by atoms with Crippen molar-refractivity contribution in [3.63, 3.8) is 0 Å². The van der Waals surface area contributed by atoms with Crippen molar-refractivity contribution in [3.8, 4) is 0 Å². The summed E-state index contributed by atoms with van der Waals surface area (Å²) in [4.78, 5) is 4.18. The molecule has 2 aromatic heterocycles. The first-order valence-corrected chi connectivity index (χ1v) is 10.5. The number of rotatable bonds is 5. The Kier molecular flexibility index (Phi) is 4.19. The zero-order valence-corrected chi connectivity index (χ0v) is 13.6. The van der Waals surface area contributed by atoms with Gasteiger partial charge in [-0.2, -0.15) is 5.10 Å². The zero-order valence-electron chi connectivity index (χ0n) is 11.0. The van der Waals surface area contributed by atoms with Gasteiger partial charge in [-0.05, 0) is 28.0 Å². The summed E-state index contributed by atoms with van der Waals surface area (Å²) in [5, 5.41) is 5.34. The lowest BCUT2D eigenvalue weighted by Crippen LogP contribution is -2.22. The van der Waals surface area contributed by atoms with Crippen molar-refractivity contribution in [2.24, 2.45) is 0 Å². The molecule has 0 unspecified atom stereocenters. The number of hydrogen-bond acceptors (Lipinski definition) is 3. The Bertz CT molecular complexity index is 536. The van der Waals surface area contributed by atoms with Gasteiger partial charge in [0.15, 0.2) is 0 Å². The Morgan fingerprint density at radius 2 is 2.17 bits per heavy atom. The minimum Gasteiger partial charge on any atom is -0.360 e. The number of hydrogen-bond donors (Lipinski definition) is 0. The second-order valence-electron chi connectivity index (χ2n) is 5.53. The molecule has 0 saturated carbocycles. The first-order valence-electron chi connectivity index (χ1n) is 6.01. The van der Waals surface area contributed by atoms with Gasteiger partial charge in [0.1, 0.15) is 11.3 Å². The molecule has 2 aromatic rings. The first kappa shape index (κ1) is 13.7. The lowest BCUT2D eigenvalue weighted by atomic mass is 10.3. The van der Waals surface area contributed by atoms with Crippen molar-refractivity contribution in [1.82, 2.24) is 14.8 Å². The van der Waals surface area contributed by atoms with Crippen molar-refractivity contribution in [2.75, 3.05) is 6.61 Å². The minimum absolute atomic E-state index is 0.504. The molecule has 0 aliphatic heterocycles. The Labute approximate surface area is 116 Å². The predicted molar refractivity (Wildman–Crippen MR) is 79.3 cm³/mol. The highest BCUT2D eigenvalue weighted by atomic mass is 79.9. The Hall–Kier alpha value is -0.723. The average molecular weight is 328 g/mol. The Morgan fingerprint density at radius 1 is 1.39 bits per heavy atom. The molecule has 0 spiro atoms. The zero-order chi connectivity index (χ0) is 13.2. The quantitative estimate of drug-likeness (QED) is 0.479. The smallest absolute Gasteiger partial charge is 0.139 e. The van der Waals surface area contributed by atoms with Crippen LogP contribution < -0.4 is 0 Å². The third-order valence-electron chi connectivity index (χ3n) is 2.73. The summed E-state index contributed by atoms with van der Waals surface area (Å²) in [6.45, 7) is 8.36. The number of aromatic nitrogens is 3. The number of pyridine rings is 1. The molecule has 0 bridgehead atoms. The maximum Gasteiger partial charge on any atom is 0.139 e. The maximum absolute atomic E-state index is 5.70. The highest BCUT2D eigenvalue weighted by molar-refractivity contribution is 9.10. The van der Waals surface area contributed by atoms with Gasteiger partial charge in [-0.1, -0.05) is 19.6 Å². The molecule has 0 atom stereocenters. The molecule has 6 heteroatoms. The molecule has 0 amide bonds. The van der Waals surface area contributed by atoms with Gasteiger partial charge in [0.25, 0.3) is 0 Å². The monoisotopic (exact) mass is 327 g/mol. The van der Waals surface area contributed by atoms with E-state index in [1.807, 2.05) is 16.9 Å². The molecule has 0 fully saturated rings. The van der Waals surface area contributed by atoms with Gasteiger partial charge in [0, 0.05) is 20.9 Å². The van der Waals surface area contributed by atoms with E-state index in [9.17, 15) is 0 Å². The number of ether oxygens (including phenoxy) is 1. The van der Waals surface area contributed by atoms with E-state index in [4.69, 9.17) is 4.74 Å². The number of nitrogens with zero attached hydrogens (tertiary/aromatic N) is 3. The van der Waals surface area contributed by atoms with E-state index in [0.29, 0.717) is 6.73 Å². The fraction of sp³-hybridized carbons (Fsp3) is 0.500. The predicted octanol–water partition coefficient (Wildman–Crippen LogP) is 3.51. The molecular formula is C12H18BrN3OSi. The molecule has 98 valence electrons. The van der Waals surface area contributed by atoms with Crippen molar-refractivity contribution in [3.05, 3.63) is 23.1 Å². The molecule has 0 N–H and O–H groups in total. The lowest BCUT2D eigenvalue weighted by Gasteiger charge is -2.15. The van der Waals surface area contributed by atoms with Crippen LogP contribution in [0.4, 0.5) is 0 Å². The second kappa shape index (κ2) is 5.50. The van der Waals surface area contributed by atoms with Crippen LogP contribution >= 0.6 is 15.9 Å². The van der Waals surface area contributed by atoms with Crippen LogP contribution in [0, 0.1) is 0 Å². The van der Waals surface area contributed by atoms with Crippen molar-refractivity contribution in [1.29, 1.82) is 0 Å². The van der Waals surface area contributed by atoms with Gasteiger partial charge in [-0.25, -0.2) is 9.67 Å². The normalized spacial score (nSPS) is 12.2. The summed E-state index contributed by atoms with van der Waals surface area (Å²) >= 11 is 3.42. The molecule has 2 rings (SSSR count). The van der Waals surface area contributed by atoms with E-state index in [0.717, 1.165) is 22.1 Å². The number of halogens is 1. The fourth-order valence-electron chi connectivity index (χ4n) is 1.60. The summed E-state index contributed by atoms with van der Waals surface area (Å²) < 4.78 is 8.40. The Balaban J connectivity index is 1.98. The minimum atomic E-state index is -1.01. The SMILES string of the molecule is C[Si](C)(C)CCOCn1ncc2c(Br)nccc21. The highest BCUT2D eigenvalue weighted by Crippen LogP contribution is 2.20. The van der Waals surface area contributed by atoms with E-state index in [-0.39, 0.29) is 0 Å². The molecule has 0 aliphatic carbocycles. The summed E-state index contributed by atoms with van der Waals surface area (Å²) in [5.41, 5.74) is 1.05. The summed E-state index contributed by atoms with van der Waals surface area (Å²) in [6.07, 6.45) is 3.58. The third-order valence-corrected chi connectivity index (χ3v) is 5.07. The van der Waals surface area contributed by atoms with E-state index < -0.39 is 8.07 Å². The summed E-state index contributed by atoms with van der Waals surface area (Å²) in [6, 6.07) is 3.13.